The van der Waals surface area contributed by atoms with Crippen LogP contribution in [0, 0.1) is 0 Å². The number of anilines is 1. The minimum Gasteiger partial charge on any atom is -0.481 e. The van der Waals surface area contributed by atoms with Crippen LogP contribution in [0.15, 0.2) is 12.7 Å². The Morgan fingerprint density at radius 2 is 2.08 bits per heavy atom. The van der Waals surface area contributed by atoms with E-state index in [0.717, 1.165) is 0 Å². The van der Waals surface area contributed by atoms with Crippen molar-refractivity contribution >= 4 is 23.0 Å². The fraction of sp³-hybridized carbons (Fsp3) is 0.538. The summed E-state index contributed by atoms with van der Waals surface area (Å²) in [6, 6.07) is 0. The predicted molar refractivity (Wildman–Crippen MR) is 79.1 cm³/mol. The Hall–Kier alpha value is -2.34. The monoisotopic (exact) mass is 339 g/mol. The molecule has 0 amide bonds. The number of nitrogens with one attached hydrogen (secondary N) is 1. The van der Waals surface area contributed by atoms with Gasteiger partial charge in [0, 0.05) is 6.54 Å². The van der Waals surface area contributed by atoms with Crippen molar-refractivity contribution in [3.8, 4) is 0 Å². The predicted octanol–water partition coefficient (Wildman–Crippen LogP) is -1.68. The van der Waals surface area contributed by atoms with E-state index in [2.05, 4.69) is 20.3 Å². The number of nitrogens with zero attached hydrogens (tertiary/aromatic N) is 4. The van der Waals surface area contributed by atoms with Gasteiger partial charge in [-0.05, 0) is 0 Å². The summed E-state index contributed by atoms with van der Waals surface area (Å²) in [4.78, 5) is 22.9. The smallest absolute Gasteiger partial charge is 0.305 e. The number of hydrogen-bond donors (Lipinski definition) is 5. The molecule has 2 aromatic heterocycles. The molecule has 0 aromatic carbocycles. The number of aromatic nitrogens is 4. The fourth-order valence-electron chi connectivity index (χ4n) is 2.57. The number of aliphatic hydroxyl groups is 3. The van der Waals surface area contributed by atoms with E-state index in [9.17, 15) is 15.0 Å². The van der Waals surface area contributed by atoms with Gasteiger partial charge in [0.2, 0.25) is 0 Å². The summed E-state index contributed by atoms with van der Waals surface area (Å²) in [5, 5.41) is 40.7. The Labute approximate surface area is 135 Å². The number of carboxylic acids is 1. The second-order valence-corrected chi connectivity index (χ2v) is 5.35. The molecule has 0 saturated carbocycles. The molecule has 1 aliphatic heterocycles. The van der Waals surface area contributed by atoms with Gasteiger partial charge in [0.25, 0.3) is 0 Å². The molecule has 3 rings (SSSR count). The highest BCUT2D eigenvalue weighted by Gasteiger charge is 2.44. The average molecular weight is 339 g/mol. The molecule has 4 atom stereocenters. The van der Waals surface area contributed by atoms with E-state index in [1.807, 2.05) is 0 Å². The van der Waals surface area contributed by atoms with Crippen molar-refractivity contribution in [2.24, 2.45) is 0 Å². The zero-order valence-electron chi connectivity index (χ0n) is 12.5. The normalized spacial score (nSPS) is 26.8. The number of aliphatic hydroxyl groups excluding tert-OH is 3. The van der Waals surface area contributed by atoms with Crippen molar-refractivity contribution in [3.05, 3.63) is 12.7 Å². The molecule has 4 unspecified atom stereocenters. The first kappa shape index (κ1) is 16.5. The van der Waals surface area contributed by atoms with E-state index in [-0.39, 0.29) is 13.0 Å². The van der Waals surface area contributed by atoms with Gasteiger partial charge in [-0.25, -0.2) is 15.0 Å². The van der Waals surface area contributed by atoms with Gasteiger partial charge in [0.15, 0.2) is 23.2 Å². The van der Waals surface area contributed by atoms with Crippen LogP contribution in [0.25, 0.3) is 11.2 Å². The minimum absolute atomic E-state index is 0.0823. The summed E-state index contributed by atoms with van der Waals surface area (Å²) >= 11 is 0. The summed E-state index contributed by atoms with van der Waals surface area (Å²) in [6.45, 7) is -0.263. The average Bonchev–Trinajstić information content (AvgIpc) is 3.10. The number of carbonyl (C=O) groups is 1. The van der Waals surface area contributed by atoms with Crippen LogP contribution in [0.2, 0.25) is 0 Å². The van der Waals surface area contributed by atoms with E-state index < -0.39 is 37.1 Å². The van der Waals surface area contributed by atoms with Gasteiger partial charge < -0.3 is 30.5 Å². The van der Waals surface area contributed by atoms with Crippen molar-refractivity contribution in [2.75, 3.05) is 18.5 Å². The largest absolute Gasteiger partial charge is 0.481 e. The fourth-order valence-corrected chi connectivity index (χ4v) is 2.57. The van der Waals surface area contributed by atoms with Crippen LogP contribution in [0.1, 0.15) is 12.6 Å². The number of hydrogen-bond acceptors (Lipinski definition) is 9. The highest BCUT2D eigenvalue weighted by molar-refractivity contribution is 5.82. The molecule has 11 heteroatoms. The quantitative estimate of drug-likeness (QED) is 0.411. The molecular formula is C13H17N5O6. The Morgan fingerprint density at radius 3 is 2.75 bits per heavy atom. The van der Waals surface area contributed by atoms with Crippen molar-refractivity contribution in [3.63, 3.8) is 0 Å². The molecule has 24 heavy (non-hydrogen) atoms. The zero-order valence-corrected chi connectivity index (χ0v) is 12.5. The van der Waals surface area contributed by atoms with Crippen LogP contribution in [-0.4, -0.2) is 77.4 Å². The Balaban J connectivity index is 1.87. The molecule has 1 aliphatic rings. The van der Waals surface area contributed by atoms with E-state index in [4.69, 9.17) is 14.9 Å². The summed E-state index contributed by atoms with van der Waals surface area (Å²) in [7, 11) is 0. The second kappa shape index (κ2) is 6.65. The third-order valence-corrected chi connectivity index (χ3v) is 3.78. The summed E-state index contributed by atoms with van der Waals surface area (Å²) < 4.78 is 6.89. The third-order valence-electron chi connectivity index (χ3n) is 3.78. The lowest BCUT2D eigenvalue weighted by atomic mass is 10.1. The SMILES string of the molecule is O=C(O)CCNc1ncnc2c1ncn2C1OC(CO)C(O)C1O. The van der Waals surface area contributed by atoms with E-state index in [0.29, 0.717) is 17.0 Å². The van der Waals surface area contributed by atoms with Crippen LogP contribution < -0.4 is 5.32 Å². The highest BCUT2D eigenvalue weighted by Crippen LogP contribution is 2.31. The van der Waals surface area contributed by atoms with Gasteiger partial charge in [-0.3, -0.25) is 9.36 Å². The lowest BCUT2D eigenvalue weighted by molar-refractivity contribution is -0.136. The van der Waals surface area contributed by atoms with Gasteiger partial charge in [-0.1, -0.05) is 0 Å². The molecule has 0 radical (unpaired) electrons. The molecule has 11 nitrogen and oxygen atoms in total. The van der Waals surface area contributed by atoms with Crippen molar-refractivity contribution in [1.82, 2.24) is 19.5 Å². The summed E-state index contributed by atoms with van der Waals surface area (Å²) in [6.07, 6.45) is -1.78. The third kappa shape index (κ3) is 2.89. The number of carboxylic acid groups (broad SMARTS) is 1. The van der Waals surface area contributed by atoms with Crippen LogP contribution >= 0.6 is 0 Å². The van der Waals surface area contributed by atoms with Gasteiger partial charge in [-0.15, -0.1) is 0 Å². The molecule has 1 fully saturated rings. The maximum Gasteiger partial charge on any atom is 0.305 e. The van der Waals surface area contributed by atoms with Crippen molar-refractivity contribution in [2.45, 2.75) is 31.0 Å². The number of fused-ring (bicyclic) bond motifs is 1. The first-order valence-electron chi connectivity index (χ1n) is 7.28. The molecule has 3 heterocycles. The number of aliphatic carboxylic acids is 1. The first-order chi connectivity index (χ1) is 11.5. The van der Waals surface area contributed by atoms with Crippen LogP contribution in [0.5, 0.6) is 0 Å². The topological polar surface area (TPSA) is 163 Å². The van der Waals surface area contributed by atoms with Gasteiger partial charge in [-0.2, -0.15) is 0 Å². The van der Waals surface area contributed by atoms with E-state index >= 15 is 0 Å². The first-order valence-corrected chi connectivity index (χ1v) is 7.28. The summed E-state index contributed by atoms with van der Waals surface area (Å²) in [5.74, 6) is -0.586. The van der Waals surface area contributed by atoms with Crippen molar-refractivity contribution in [1.29, 1.82) is 0 Å². The molecule has 0 aliphatic carbocycles. The number of imidazole rings is 1. The molecule has 2 aromatic rings. The molecule has 0 bridgehead atoms. The van der Waals surface area contributed by atoms with Gasteiger partial charge >= 0.3 is 5.97 Å². The van der Waals surface area contributed by atoms with E-state index in [1.165, 1.54) is 17.2 Å². The maximum atomic E-state index is 10.6. The van der Waals surface area contributed by atoms with Crippen LogP contribution in [0.3, 0.4) is 0 Å². The molecule has 5 N–H and O–H groups in total. The van der Waals surface area contributed by atoms with Gasteiger partial charge in [0.1, 0.15) is 24.6 Å². The molecule has 0 spiro atoms. The molecule has 1 saturated heterocycles. The Bertz CT molecular complexity index is 737. The maximum absolute atomic E-state index is 10.6. The van der Waals surface area contributed by atoms with Crippen LogP contribution in [-0.2, 0) is 9.53 Å². The van der Waals surface area contributed by atoms with Crippen LogP contribution in [0.4, 0.5) is 5.82 Å². The number of rotatable bonds is 6. The van der Waals surface area contributed by atoms with Gasteiger partial charge in [0.05, 0.1) is 19.4 Å². The Morgan fingerprint density at radius 1 is 1.29 bits per heavy atom. The second-order valence-electron chi connectivity index (χ2n) is 5.35. The minimum atomic E-state index is -1.25. The van der Waals surface area contributed by atoms with E-state index in [1.54, 1.807) is 0 Å². The standard InChI is InChI=1S/C13H17N5O6/c19-3-6-9(22)10(23)13(24-6)18-5-17-8-11(14-2-1-7(20)21)15-4-16-12(8)18/h4-6,9-10,13,19,22-23H,1-3H2,(H,20,21)(H,14,15,16). The lowest BCUT2D eigenvalue weighted by Crippen LogP contribution is -2.33. The zero-order chi connectivity index (χ0) is 17.3. The molecule has 130 valence electrons. The molecular weight excluding hydrogens is 322 g/mol. The summed E-state index contributed by atoms with van der Waals surface area (Å²) in [5.41, 5.74) is 0.721. The lowest BCUT2D eigenvalue weighted by Gasteiger charge is -2.16. The van der Waals surface area contributed by atoms with Crippen molar-refractivity contribution < 1.29 is 30.0 Å². The highest BCUT2D eigenvalue weighted by atomic mass is 16.6. The number of ether oxygens (including phenoxy) is 1. The Kier molecular flexibility index (Phi) is 4.57.